The van der Waals surface area contributed by atoms with Crippen LogP contribution in [0.25, 0.3) is 0 Å². The minimum absolute atomic E-state index is 0.0214. The highest BCUT2D eigenvalue weighted by Crippen LogP contribution is 2.33. The van der Waals surface area contributed by atoms with Crippen molar-refractivity contribution >= 4 is 46.9 Å². The van der Waals surface area contributed by atoms with Crippen LogP contribution in [-0.2, 0) is 11.2 Å². The summed E-state index contributed by atoms with van der Waals surface area (Å²) in [7, 11) is 0. The minimum atomic E-state index is -0.640. The highest BCUT2D eigenvalue weighted by atomic mass is 35.5. The van der Waals surface area contributed by atoms with E-state index in [-0.39, 0.29) is 16.3 Å². The first-order chi connectivity index (χ1) is 14.5. The van der Waals surface area contributed by atoms with Crippen LogP contribution in [0.15, 0.2) is 60.7 Å². The lowest BCUT2D eigenvalue weighted by atomic mass is 10.1. The number of phenolic OH excluding ortho intramolecular Hbond substituents is 1. The largest absolute Gasteiger partial charge is 0.505 e. The standard InChI is InChI=1S/C22H18Cl2N2O4/c23-15-6-7-20(30-9-8-14-4-2-1-3-5-14)18(11-15)26-22(29)17-10-16(24)12-19(21(17)28)25-13-27/h1-7,10-13,28H,8-9H2,(H,25,27)(H,26,29). The molecule has 6 nitrogen and oxygen atoms in total. The molecule has 0 spiro atoms. The number of phenols is 1. The first-order valence-corrected chi connectivity index (χ1v) is 9.74. The molecule has 0 fully saturated rings. The van der Waals surface area contributed by atoms with Crippen molar-refractivity contribution in [3.8, 4) is 11.5 Å². The van der Waals surface area contributed by atoms with Gasteiger partial charge >= 0.3 is 0 Å². The number of aromatic hydroxyl groups is 1. The maximum Gasteiger partial charge on any atom is 0.259 e. The van der Waals surface area contributed by atoms with Gasteiger partial charge in [-0.1, -0.05) is 53.5 Å². The highest BCUT2D eigenvalue weighted by Gasteiger charge is 2.18. The summed E-state index contributed by atoms with van der Waals surface area (Å²) in [5.41, 5.74) is 1.37. The minimum Gasteiger partial charge on any atom is -0.505 e. The number of anilines is 2. The Kier molecular flexibility index (Phi) is 7.17. The fourth-order valence-corrected chi connectivity index (χ4v) is 3.18. The maximum atomic E-state index is 12.8. The molecule has 8 heteroatoms. The summed E-state index contributed by atoms with van der Waals surface area (Å²) in [6.07, 6.45) is 1.06. The molecule has 0 saturated carbocycles. The number of nitrogens with one attached hydrogen (secondary N) is 2. The van der Waals surface area contributed by atoms with E-state index in [0.717, 1.165) is 5.56 Å². The zero-order valence-corrected chi connectivity index (χ0v) is 17.2. The normalized spacial score (nSPS) is 10.3. The molecule has 0 atom stereocenters. The molecule has 3 aromatic rings. The van der Waals surface area contributed by atoms with Crippen LogP contribution in [0.1, 0.15) is 15.9 Å². The molecule has 30 heavy (non-hydrogen) atoms. The van der Waals surface area contributed by atoms with Crippen molar-refractivity contribution in [1.82, 2.24) is 0 Å². The van der Waals surface area contributed by atoms with E-state index in [4.69, 9.17) is 27.9 Å². The van der Waals surface area contributed by atoms with E-state index < -0.39 is 11.7 Å². The van der Waals surface area contributed by atoms with Crippen LogP contribution >= 0.6 is 23.2 Å². The second kappa shape index (κ2) is 10.0. The first-order valence-electron chi connectivity index (χ1n) is 8.98. The van der Waals surface area contributed by atoms with Gasteiger partial charge in [0.05, 0.1) is 23.5 Å². The Morgan fingerprint density at radius 1 is 1.00 bits per heavy atom. The molecule has 0 aromatic heterocycles. The molecule has 3 rings (SSSR count). The number of carbonyl (C=O) groups excluding carboxylic acids is 2. The van der Waals surface area contributed by atoms with E-state index in [1.54, 1.807) is 18.2 Å². The van der Waals surface area contributed by atoms with Crippen molar-refractivity contribution in [3.05, 3.63) is 81.8 Å². The van der Waals surface area contributed by atoms with Gasteiger partial charge in [0.15, 0.2) is 5.75 Å². The number of hydrogen-bond donors (Lipinski definition) is 3. The van der Waals surface area contributed by atoms with Gasteiger partial charge in [0.25, 0.3) is 5.91 Å². The van der Waals surface area contributed by atoms with Gasteiger partial charge in [-0.15, -0.1) is 0 Å². The third-order valence-electron chi connectivity index (χ3n) is 4.21. The molecule has 154 valence electrons. The monoisotopic (exact) mass is 444 g/mol. The predicted molar refractivity (Wildman–Crippen MR) is 118 cm³/mol. The van der Waals surface area contributed by atoms with Crippen LogP contribution in [0.5, 0.6) is 11.5 Å². The molecule has 2 amide bonds. The Hall–Kier alpha value is -3.22. The molecule has 0 aliphatic carbocycles. The van der Waals surface area contributed by atoms with Crippen molar-refractivity contribution < 1.29 is 19.4 Å². The third kappa shape index (κ3) is 5.43. The van der Waals surface area contributed by atoms with Crippen molar-refractivity contribution in [2.24, 2.45) is 0 Å². The van der Waals surface area contributed by atoms with Crippen molar-refractivity contribution in [1.29, 1.82) is 0 Å². The fourth-order valence-electron chi connectivity index (χ4n) is 2.78. The Labute approximate surface area is 183 Å². The highest BCUT2D eigenvalue weighted by molar-refractivity contribution is 6.32. The molecular formula is C22H18Cl2N2O4. The van der Waals surface area contributed by atoms with Crippen LogP contribution in [0.3, 0.4) is 0 Å². The van der Waals surface area contributed by atoms with Crippen molar-refractivity contribution in [3.63, 3.8) is 0 Å². The Bertz CT molecular complexity index is 1060. The van der Waals surface area contributed by atoms with Crippen LogP contribution < -0.4 is 15.4 Å². The Morgan fingerprint density at radius 2 is 1.73 bits per heavy atom. The van der Waals surface area contributed by atoms with Crippen LogP contribution in [0.4, 0.5) is 11.4 Å². The van der Waals surface area contributed by atoms with Gasteiger partial charge in [-0.25, -0.2) is 0 Å². The molecule has 0 radical (unpaired) electrons. The zero-order chi connectivity index (χ0) is 21.5. The van der Waals surface area contributed by atoms with Crippen LogP contribution in [-0.4, -0.2) is 24.0 Å². The van der Waals surface area contributed by atoms with E-state index in [0.29, 0.717) is 35.9 Å². The van der Waals surface area contributed by atoms with E-state index in [2.05, 4.69) is 10.6 Å². The van der Waals surface area contributed by atoms with Crippen LogP contribution in [0, 0.1) is 0 Å². The lowest BCUT2D eigenvalue weighted by molar-refractivity contribution is -0.105. The summed E-state index contributed by atoms with van der Waals surface area (Å²) in [6, 6.07) is 17.3. The summed E-state index contributed by atoms with van der Waals surface area (Å²) in [6.45, 7) is 0.393. The Balaban J connectivity index is 1.78. The predicted octanol–water partition coefficient (Wildman–Crippen LogP) is 5.14. The molecule has 0 unspecified atom stereocenters. The number of carbonyl (C=O) groups is 2. The number of amides is 2. The van der Waals surface area contributed by atoms with E-state index in [1.165, 1.54) is 12.1 Å². The average Bonchev–Trinajstić information content (AvgIpc) is 2.73. The average molecular weight is 445 g/mol. The van der Waals surface area contributed by atoms with Crippen molar-refractivity contribution in [2.75, 3.05) is 17.2 Å². The summed E-state index contributed by atoms with van der Waals surface area (Å²) in [5, 5.41) is 15.8. The van der Waals surface area contributed by atoms with Crippen molar-refractivity contribution in [2.45, 2.75) is 6.42 Å². The van der Waals surface area contributed by atoms with Gasteiger partial charge < -0.3 is 20.5 Å². The smallest absolute Gasteiger partial charge is 0.259 e. The van der Waals surface area contributed by atoms with Gasteiger partial charge in [-0.05, 0) is 35.9 Å². The molecule has 0 aliphatic rings. The van der Waals surface area contributed by atoms with Gasteiger partial charge in [-0.3, -0.25) is 9.59 Å². The number of benzene rings is 3. The fraction of sp³-hybridized carbons (Fsp3) is 0.0909. The maximum absolute atomic E-state index is 12.8. The van der Waals surface area contributed by atoms with Gasteiger partial charge in [-0.2, -0.15) is 0 Å². The zero-order valence-electron chi connectivity index (χ0n) is 15.7. The number of hydrogen-bond acceptors (Lipinski definition) is 4. The third-order valence-corrected chi connectivity index (χ3v) is 4.67. The molecule has 0 aliphatic heterocycles. The SMILES string of the molecule is O=CNc1cc(Cl)cc(C(=O)Nc2cc(Cl)ccc2OCCc2ccccc2)c1O. The molecule has 0 bridgehead atoms. The lowest BCUT2D eigenvalue weighted by Crippen LogP contribution is -2.14. The second-order valence-corrected chi connectivity index (χ2v) is 7.16. The topological polar surface area (TPSA) is 87.7 Å². The molecule has 3 aromatic carbocycles. The summed E-state index contributed by atoms with van der Waals surface area (Å²) >= 11 is 12.1. The van der Waals surface area contributed by atoms with E-state index in [1.807, 2.05) is 30.3 Å². The second-order valence-electron chi connectivity index (χ2n) is 6.29. The quantitative estimate of drug-likeness (QED) is 0.331. The number of rotatable bonds is 8. The molecular weight excluding hydrogens is 427 g/mol. The first kappa shape index (κ1) is 21.5. The van der Waals surface area contributed by atoms with Crippen LogP contribution in [0.2, 0.25) is 10.0 Å². The number of ether oxygens (including phenoxy) is 1. The molecule has 3 N–H and O–H groups in total. The summed E-state index contributed by atoms with van der Waals surface area (Å²) < 4.78 is 5.83. The lowest BCUT2D eigenvalue weighted by Gasteiger charge is -2.14. The van der Waals surface area contributed by atoms with Gasteiger partial charge in [0.1, 0.15) is 5.75 Å². The van der Waals surface area contributed by atoms with Gasteiger partial charge in [0, 0.05) is 16.5 Å². The summed E-state index contributed by atoms with van der Waals surface area (Å²) in [4.78, 5) is 23.5. The van der Waals surface area contributed by atoms with E-state index in [9.17, 15) is 14.7 Å². The molecule has 0 saturated heterocycles. The summed E-state index contributed by atoms with van der Waals surface area (Å²) in [5.74, 6) is -0.617. The van der Waals surface area contributed by atoms with E-state index >= 15 is 0 Å². The Morgan fingerprint density at radius 3 is 2.47 bits per heavy atom. The molecule has 0 heterocycles. The number of halogens is 2. The van der Waals surface area contributed by atoms with Gasteiger partial charge in [0.2, 0.25) is 6.41 Å².